The number of amides is 1. The Morgan fingerprint density at radius 2 is 1.79 bits per heavy atom. The fraction of sp³-hybridized carbons (Fsp3) is 0.382. The molecule has 9 heteroatoms. The molecule has 1 saturated heterocycles. The van der Waals surface area contributed by atoms with Crippen molar-refractivity contribution in [2.45, 2.75) is 64.2 Å². The highest BCUT2D eigenvalue weighted by molar-refractivity contribution is 6.31. The van der Waals surface area contributed by atoms with Gasteiger partial charge in [0, 0.05) is 71.6 Å². The maximum absolute atomic E-state index is 12.7. The lowest BCUT2D eigenvalue weighted by Gasteiger charge is -2.42. The molecule has 0 spiro atoms. The van der Waals surface area contributed by atoms with Gasteiger partial charge in [0.1, 0.15) is 17.8 Å². The quantitative estimate of drug-likeness (QED) is 0.246. The van der Waals surface area contributed by atoms with Gasteiger partial charge < -0.3 is 19.8 Å². The van der Waals surface area contributed by atoms with E-state index in [2.05, 4.69) is 75.6 Å². The molecule has 0 radical (unpaired) electrons. The lowest BCUT2D eigenvalue weighted by molar-refractivity contribution is -0.139. The lowest BCUT2D eigenvalue weighted by Crippen LogP contribution is -2.55. The van der Waals surface area contributed by atoms with E-state index in [0.717, 1.165) is 82.4 Å². The van der Waals surface area contributed by atoms with Gasteiger partial charge in [-0.3, -0.25) is 9.69 Å². The lowest BCUT2D eigenvalue weighted by atomic mass is 9.89. The molecule has 3 aromatic heterocycles. The first-order chi connectivity index (χ1) is 20.9. The second kappa shape index (κ2) is 11.3. The zero-order valence-corrected chi connectivity index (χ0v) is 25.5. The molecule has 0 bridgehead atoms. The van der Waals surface area contributed by atoms with Gasteiger partial charge in [-0.25, -0.2) is 9.97 Å². The molecule has 2 N–H and O–H groups in total. The normalized spacial score (nSPS) is 20.1. The summed E-state index contributed by atoms with van der Waals surface area (Å²) in [6.07, 6.45) is 10.1. The van der Waals surface area contributed by atoms with Gasteiger partial charge in [-0.05, 0) is 74.9 Å². The number of rotatable bonds is 6. The number of carbonyl (C=O) groups excluding carboxylic acids is 1. The van der Waals surface area contributed by atoms with Crippen molar-refractivity contribution in [3.63, 3.8) is 0 Å². The van der Waals surface area contributed by atoms with Gasteiger partial charge in [-0.2, -0.15) is 0 Å². The van der Waals surface area contributed by atoms with E-state index in [1.807, 2.05) is 23.1 Å². The third-order valence-electron chi connectivity index (χ3n) is 9.51. The highest BCUT2D eigenvalue weighted by Crippen LogP contribution is 2.40. The molecule has 1 saturated carbocycles. The number of halogens is 1. The molecule has 1 aliphatic carbocycles. The molecule has 0 unspecified atom stereocenters. The summed E-state index contributed by atoms with van der Waals surface area (Å²) in [5.41, 5.74) is 11.8. The van der Waals surface area contributed by atoms with E-state index in [-0.39, 0.29) is 11.9 Å². The Morgan fingerprint density at radius 1 is 1.00 bits per heavy atom. The number of nitrogens with zero attached hydrogens (tertiary/aromatic N) is 6. The van der Waals surface area contributed by atoms with Crippen LogP contribution >= 0.6 is 11.6 Å². The van der Waals surface area contributed by atoms with Crippen molar-refractivity contribution in [3.05, 3.63) is 77.8 Å². The van der Waals surface area contributed by atoms with Crippen molar-refractivity contribution in [3.8, 4) is 11.1 Å². The number of benzene rings is 2. The molecular weight excluding hydrogens is 558 g/mol. The minimum atomic E-state index is 0.257. The van der Waals surface area contributed by atoms with Crippen molar-refractivity contribution in [2.24, 2.45) is 0 Å². The van der Waals surface area contributed by atoms with E-state index in [4.69, 9.17) is 22.3 Å². The molecule has 222 valence electrons. The minimum Gasteiger partial charge on any atom is -0.383 e. The Kier molecular flexibility index (Phi) is 7.35. The standard InChI is InChI=1S/C34H38ClN7O/c1-22(2)41-16-15-39(20-31(41)43)26-8-10-27(11-9-26)42-19-28(32-33(36)37-21-38-34(32)42)23-7-12-30-24(17-23)13-14-40(30)18-25-5-3-4-6-29(25)35/h3-7,12-14,17,19,21-22,26-27H,8-11,15-16,18,20H2,1-2H3,(H2,36,37,38). The number of carbonyl (C=O) groups is 1. The van der Waals surface area contributed by atoms with Crippen molar-refractivity contribution in [1.82, 2.24) is 28.9 Å². The third-order valence-corrected chi connectivity index (χ3v) is 9.87. The molecule has 43 heavy (non-hydrogen) atoms. The van der Waals surface area contributed by atoms with Gasteiger partial charge in [0.25, 0.3) is 0 Å². The number of aromatic nitrogens is 4. The smallest absolute Gasteiger partial charge is 0.237 e. The SMILES string of the molecule is CC(C)N1CCN(C2CCC(n3cc(-c4ccc5c(ccn5Cc5ccccc5Cl)c4)c4c(N)ncnc43)CC2)CC1=O. The maximum Gasteiger partial charge on any atom is 0.237 e. The van der Waals surface area contributed by atoms with Gasteiger partial charge in [0.2, 0.25) is 5.91 Å². The Hall–Kier alpha value is -3.88. The van der Waals surface area contributed by atoms with Crippen molar-refractivity contribution < 1.29 is 4.79 Å². The number of fused-ring (bicyclic) bond motifs is 2. The first-order valence-electron chi connectivity index (χ1n) is 15.3. The van der Waals surface area contributed by atoms with Gasteiger partial charge >= 0.3 is 0 Å². The predicted octanol–water partition coefficient (Wildman–Crippen LogP) is 6.37. The van der Waals surface area contributed by atoms with E-state index in [9.17, 15) is 4.79 Å². The van der Waals surface area contributed by atoms with Crippen LogP contribution in [-0.4, -0.2) is 66.5 Å². The van der Waals surface area contributed by atoms with Gasteiger partial charge in [-0.15, -0.1) is 0 Å². The summed E-state index contributed by atoms with van der Waals surface area (Å²) in [4.78, 5) is 26.2. The van der Waals surface area contributed by atoms with E-state index in [1.165, 1.54) is 0 Å². The van der Waals surface area contributed by atoms with Crippen LogP contribution in [0.15, 0.2) is 67.3 Å². The molecule has 1 amide bonds. The zero-order chi connectivity index (χ0) is 29.7. The largest absolute Gasteiger partial charge is 0.383 e. The summed E-state index contributed by atoms with van der Waals surface area (Å²) in [5, 5.41) is 2.85. The minimum absolute atomic E-state index is 0.257. The number of anilines is 1. The number of nitrogens with two attached hydrogens (primary N) is 1. The molecule has 8 nitrogen and oxygen atoms in total. The fourth-order valence-electron chi connectivity index (χ4n) is 7.19. The van der Waals surface area contributed by atoms with Crippen molar-refractivity contribution >= 4 is 45.3 Å². The first kappa shape index (κ1) is 27.9. The second-order valence-electron chi connectivity index (χ2n) is 12.3. The predicted molar refractivity (Wildman–Crippen MR) is 173 cm³/mol. The van der Waals surface area contributed by atoms with Crippen LogP contribution in [-0.2, 0) is 11.3 Å². The molecule has 1 aliphatic heterocycles. The van der Waals surface area contributed by atoms with Crippen LogP contribution in [0.3, 0.4) is 0 Å². The van der Waals surface area contributed by atoms with Crippen LogP contribution in [0.2, 0.25) is 5.02 Å². The van der Waals surface area contributed by atoms with Crippen LogP contribution in [0, 0.1) is 0 Å². The summed E-state index contributed by atoms with van der Waals surface area (Å²) in [7, 11) is 0. The van der Waals surface area contributed by atoms with Crippen LogP contribution in [0.25, 0.3) is 33.1 Å². The highest BCUT2D eigenvalue weighted by Gasteiger charge is 2.33. The topological polar surface area (TPSA) is 85.2 Å². The summed E-state index contributed by atoms with van der Waals surface area (Å²) >= 11 is 6.45. The molecule has 7 rings (SSSR count). The van der Waals surface area contributed by atoms with Gasteiger partial charge in [-0.1, -0.05) is 35.9 Å². The Balaban J connectivity index is 1.14. The Labute approximate surface area is 257 Å². The van der Waals surface area contributed by atoms with E-state index in [0.29, 0.717) is 31.0 Å². The molecule has 4 heterocycles. The Morgan fingerprint density at radius 3 is 2.56 bits per heavy atom. The number of hydrogen-bond acceptors (Lipinski definition) is 5. The molecule has 2 fully saturated rings. The van der Waals surface area contributed by atoms with Crippen molar-refractivity contribution in [2.75, 3.05) is 25.4 Å². The number of hydrogen-bond donors (Lipinski definition) is 1. The average molecular weight is 596 g/mol. The highest BCUT2D eigenvalue weighted by atomic mass is 35.5. The van der Waals surface area contributed by atoms with Gasteiger partial charge in [0.15, 0.2) is 0 Å². The van der Waals surface area contributed by atoms with Crippen molar-refractivity contribution in [1.29, 1.82) is 0 Å². The summed E-state index contributed by atoms with van der Waals surface area (Å²) in [5.74, 6) is 0.762. The summed E-state index contributed by atoms with van der Waals surface area (Å²) in [6.45, 7) is 7.24. The molecule has 2 aliphatic rings. The molecular formula is C34H38ClN7O. The molecule has 5 aromatic rings. The van der Waals surface area contributed by atoms with Crippen LogP contribution in [0.5, 0.6) is 0 Å². The summed E-state index contributed by atoms with van der Waals surface area (Å²) in [6, 6.07) is 17.8. The monoisotopic (exact) mass is 595 g/mol. The number of piperazine rings is 1. The molecule has 0 atom stereocenters. The zero-order valence-electron chi connectivity index (χ0n) is 24.8. The Bertz CT molecular complexity index is 1800. The average Bonchev–Trinajstić information content (AvgIpc) is 3.60. The second-order valence-corrected chi connectivity index (χ2v) is 12.7. The van der Waals surface area contributed by atoms with Crippen LogP contribution in [0.1, 0.15) is 51.1 Å². The fourth-order valence-corrected chi connectivity index (χ4v) is 7.38. The first-order valence-corrected chi connectivity index (χ1v) is 15.7. The maximum atomic E-state index is 12.7. The van der Waals surface area contributed by atoms with Gasteiger partial charge in [0.05, 0.1) is 11.9 Å². The molecule has 2 aromatic carbocycles. The van der Waals surface area contributed by atoms with Crippen LogP contribution in [0.4, 0.5) is 5.82 Å². The van der Waals surface area contributed by atoms with E-state index < -0.39 is 0 Å². The third kappa shape index (κ3) is 5.17. The van der Waals surface area contributed by atoms with E-state index >= 15 is 0 Å². The summed E-state index contributed by atoms with van der Waals surface area (Å²) < 4.78 is 4.56. The van der Waals surface area contributed by atoms with E-state index in [1.54, 1.807) is 6.33 Å². The number of nitrogen functional groups attached to an aromatic ring is 1. The van der Waals surface area contributed by atoms with Crippen LogP contribution < -0.4 is 5.73 Å².